The molecule has 0 radical (unpaired) electrons. The molecule has 0 heterocycles. The van der Waals surface area contributed by atoms with Crippen LogP contribution in [0, 0.1) is 0 Å². The summed E-state index contributed by atoms with van der Waals surface area (Å²) in [5.74, 6) is 0. The molecule has 0 aliphatic carbocycles. The van der Waals surface area contributed by atoms with Crippen LogP contribution in [0.4, 0.5) is 5.69 Å². The van der Waals surface area contributed by atoms with E-state index < -0.39 is 0 Å². The summed E-state index contributed by atoms with van der Waals surface area (Å²) in [6.45, 7) is 5.90. The third-order valence-corrected chi connectivity index (χ3v) is 4.86. The molecule has 0 aromatic heterocycles. The van der Waals surface area contributed by atoms with Crippen molar-refractivity contribution in [2.45, 2.75) is 6.92 Å². The first-order valence-electron chi connectivity index (χ1n) is 8.60. The number of nitrogens with zero attached hydrogens (tertiary/aromatic N) is 1. The highest BCUT2D eigenvalue weighted by molar-refractivity contribution is 6.26. The first kappa shape index (κ1) is 15.5. The third-order valence-electron chi connectivity index (χ3n) is 4.86. The normalized spacial score (nSPS) is 12.6. The van der Waals surface area contributed by atoms with Gasteiger partial charge in [0.25, 0.3) is 0 Å². The fourth-order valence-corrected chi connectivity index (χ4v) is 3.73. The Morgan fingerprint density at radius 3 is 2.32 bits per heavy atom. The van der Waals surface area contributed by atoms with Gasteiger partial charge in [-0.2, -0.15) is 0 Å². The number of likely N-dealkylation sites (N-methyl/N-ethyl adjacent to an activating group) is 1. The highest BCUT2D eigenvalue weighted by atomic mass is 15.1. The quantitative estimate of drug-likeness (QED) is 0.299. The van der Waals surface area contributed by atoms with Crippen molar-refractivity contribution < 1.29 is 0 Å². The lowest BCUT2D eigenvalue weighted by molar-refractivity contribution is 1.15. The Balaban J connectivity index is 2.10. The summed E-state index contributed by atoms with van der Waals surface area (Å²) in [6, 6.07) is 19.8. The zero-order valence-electron chi connectivity index (χ0n) is 14.7. The topological polar surface area (TPSA) is 3.24 Å². The molecule has 0 spiro atoms. The Labute approximate surface area is 148 Å². The van der Waals surface area contributed by atoms with Gasteiger partial charge in [-0.25, -0.2) is 0 Å². The van der Waals surface area contributed by atoms with Crippen molar-refractivity contribution in [3.05, 3.63) is 91.2 Å². The number of hydrogen-bond acceptors (Lipinski definition) is 1. The molecule has 0 aliphatic rings. The van der Waals surface area contributed by atoms with Crippen molar-refractivity contribution >= 4 is 38.0 Å². The Kier molecular flexibility index (Phi) is 3.77. The van der Waals surface area contributed by atoms with E-state index in [1.807, 2.05) is 19.1 Å². The average molecular weight is 323 g/mol. The molecular formula is C24H21N. The molecule has 1 heteroatoms. The molecule has 0 unspecified atom stereocenters. The van der Waals surface area contributed by atoms with E-state index in [1.54, 1.807) is 0 Å². The van der Waals surface area contributed by atoms with E-state index in [9.17, 15) is 0 Å². The fraction of sp³-hybridized carbons (Fsp3) is 0.0833. The molecule has 4 rings (SSSR count). The second-order valence-electron chi connectivity index (χ2n) is 6.33. The minimum absolute atomic E-state index is 1.12. The summed E-state index contributed by atoms with van der Waals surface area (Å²) in [5, 5.41) is 7.85. The zero-order chi connectivity index (χ0) is 17.4. The number of hydrogen-bond donors (Lipinski definition) is 0. The van der Waals surface area contributed by atoms with Crippen LogP contribution in [0.15, 0.2) is 91.2 Å². The maximum absolute atomic E-state index is 3.86. The van der Waals surface area contributed by atoms with Gasteiger partial charge in [-0.15, -0.1) is 0 Å². The van der Waals surface area contributed by atoms with Gasteiger partial charge in [0.05, 0.1) is 0 Å². The molecule has 0 amide bonds. The maximum Gasteiger partial charge on any atom is 0.0494 e. The van der Waals surface area contributed by atoms with Crippen molar-refractivity contribution in [1.82, 2.24) is 0 Å². The maximum atomic E-state index is 3.86. The van der Waals surface area contributed by atoms with Gasteiger partial charge in [-0.1, -0.05) is 67.3 Å². The molecule has 0 aliphatic heterocycles. The van der Waals surface area contributed by atoms with E-state index in [2.05, 4.69) is 85.3 Å². The number of allylic oxidation sites excluding steroid dienone is 4. The predicted octanol–water partition coefficient (Wildman–Crippen LogP) is 6.67. The second-order valence-corrected chi connectivity index (χ2v) is 6.33. The molecule has 0 saturated carbocycles. The van der Waals surface area contributed by atoms with Gasteiger partial charge in [-0.3, -0.25) is 0 Å². The van der Waals surface area contributed by atoms with E-state index in [0.717, 1.165) is 5.70 Å². The van der Waals surface area contributed by atoms with Crippen LogP contribution in [-0.4, -0.2) is 7.05 Å². The predicted molar refractivity (Wildman–Crippen MR) is 112 cm³/mol. The Hall–Kier alpha value is -3.06. The number of anilines is 1. The van der Waals surface area contributed by atoms with Crippen LogP contribution in [0.25, 0.3) is 32.3 Å². The van der Waals surface area contributed by atoms with Gasteiger partial charge >= 0.3 is 0 Å². The Bertz CT molecular complexity index is 1130. The SMILES string of the molecule is C=C/C=C(\C=C/C)N(C)c1cc2cccc3ccc4cccc1c4c32. The molecule has 0 bridgehead atoms. The molecule has 25 heavy (non-hydrogen) atoms. The van der Waals surface area contributed by atoms with Gasteiger partial charge in [0, 0.05) is 23.8 Å². The standard InChI is InChI=1S/C24H21N/c1-4-8-20(9-5-2)25(3)22-16-19-12-6-10-17-14-15-18-11-7-13-21(22)24(18)23(17)19/h4-16H,1H2,2-3H3/b9-5-,20-8+. The van der Waals surface area contributed by atoms with E-state index in [1.165, 1.54) is 38.0 Å². The summed E-state index contributed by atoms with van der Waals surface area (Å²) >= 11 is 0. The van der Waals surface area contributed by atoms with Crippen molar-refractivity contribution in [1.29, 1.82) is 0 Å². The Morgan fingerprint density at radius 1 is 0.920 bits per heavy atom. The van der Waals surface area contributed by atoms with Gasteiger partial charge in [0.2, 0.25) is 0 Å². The smallest absolute Gasteiger partial charge is 0.0494 e. The van der Waals surface area contributed by atoms with Gasteiger partial charge < -0.3 is 4.90 Å². The van der Waals surface area contributed by atoms with E-state index in [0.29, 0.717) is 0 Å². The summed E-state index contributed by atoms with van der Waals surface area (Å²) in [7, 11) is 2.12. The number of rotatable bonds is 4. The summed E-state index contributed by atoms with van der Waals surface area (Å²) in [5.41, 5.74) is 2.33. The van der Waals surface area contributed by atoms with Gasteiger partial charge in [-0.05, 0) is 52.1 Å². The van der Waals surface area contributed by atoms with Crippen molar-refractivity contribution in [2.75, 3.05) is 11.9 Å². The van der Waals surface area contributed by atoms with Crippen LogP contribution in [0.3, 0.4) is 0 Å². The van der Waals surface area contributed by atoms with E-state index in [4.69, 9.17) is 0 Å². The Morgan fingerprint density at radius 2 is 1.60 bits per heavy atom. The van der Waals surface area contributed by atoms with E-state index in [-0.39, 0.29) is 0 Å². The molecule has 0 fully saturated rings. The average Bonchev–Trinajstić information content (AvgIpc) is 2.65. The molecular weight excluding hydrogens is 302 g/mol. The zero-order valence-corrected chi connectivity index (χ0v) is 14.7. The summed E-state index contributed by atoms with van der Waals surface area (Å²) < 4.78 is 0. The molecule has 1 nitrogen and oxygen atoms in total. The molecule has 0 N–H and O–H groups in total. The van der Waals surface area contributed by atoms with Crippen LogP contribution >= 0.6 is 0 Å². The van der Waals surface area contributed by atoms with Crippen LogP contribution < -0.4 is 4.90 Å². The van der Waals surface area contributed by atoms with Crippen LogP contribution in [-0.2, 0) is 0 Å². The first-order valence-corrected chi connectivity index (χ1v) is 8.60. The number of benzene rings is 4. The van der Waals surface area contributed by atoms with Crippen LogP contribution in [0.5, 0.6) is 0 Å². The van der Waals surface area contributed by atoms with Gasteiger partial charge in [0.15, 0.2) is 0 Å². The van der Waals surface area contributed by atoms with Crippen molar-refractivity contribution in [2.24, 2.45) is 0 Å². The second kappa shape index (κ2) is 6.10. The van der Waals surface area contributed by atoms with Crippen molar-refractivity contribution in [3.8, 4) is 0 Å². The summed E-state index contributed by atoms with van der Waals surface area (Å²) in [6.07, 6.45) is 8.06. The molecule has 122 valence electrons. The lowest BCUT2D eigenvalue weighted by atomic mass is 9.93. The fourth-order valence-electron chi connectivity index (χ4n) is 3.73. The van der Waals surface area contributed by atoms with E-state index >= 15 is 0 Å². The lowest BCUT2D eigenvalue weighted by Crippen LogP contribution is -2.15. The lowest BCUT2D eigenvalue weighted by Gasteiger charge is -2.24. The molecule has 4 aromatic rings. The van der Waals surface area contributed by atoms with Gasteiger partial charge in [0.1, 0.15) is 0 Å². The largest absolute Gasteiger partial charge is 0.344 e. The molecule has 0 atom stereocenters. The van der Waals surface area contributed by atoms with Crippen LogP contribution in [0.2, 0.25) is 0 Å². The highest BCUT2D eigenvalue weighted by Gasteiger charge is 2.14. The van der Waals surface area contributed by atoms with Crippen molar-refractivity contribution in [3.63, 3.8) is 0 Å². The monoisotopic (exact) mass is 323 g/mol. The highest BCUT2D eigenvalue weighted by Crippen LogP contribution is 2.40. The van der Waals surface area contributed by atoms with Crippen LogP contribution in [0.1, 0.15) is 6.92 Å². The first-order chi connectivity index (χ1) is 12.2. The molecule has 0 saturated heterocycles. The molecule has 4 aromatic carbocycles. The third kappa shape index (κ3) is 2.40. The minimum atomic E-state index is 1.12. The minimum Gasteiger partial charge on any atom is -0.344 e. The summed E-state index contributed by atoms with van der Waals surface area (Å²) in [4.78, 5) is 2.24.